The minimum Gasteiger partial charge on any atom is -0.314 e. The fourth-order valence-corrected chi connectivity index (χ4v) is 1.42. The Labute approximate surface area is 88.5 Å². The first-order valence-corrected chi connectivity index (χ1v) is 5.16. The van der Waals surface area contributed by atoms with Crippen molar-refractivity contribution in [3.63, 3.8) is 0 Å². The lowest BCUT2D eigenvalue weighted by Gasteiger charge is -2.05. The summed E-state index contributed by atoms with van der Waals surface area (Å²) in [6, 6.07) is 4.26. The van der Waals surface area contributed by atoms with Crippen LogP contribution in [0.5, 0.6) is 0 Å². The van der Waals surface area contributed by atoms with Crippen molar-refractivity contribution in [1.82, 2.24) is 25.1 Å². The van der Waals surface area contributed by atoms with E-state index in [0.29, 0.717) is 6.04 Å². The Hall–Kier alpha value is -1.49. The van der Waals surface area contributed by atoms with Gasteiger partial charge in [-0.1, -0.05) is 13.8 Å². The first-order chi connectivity index (χ1) is 7.27. The fourth-order valence-electron chi connectivity index (χ4n) is 1.42. The Morgan fingerprint density at radius 1 is 1.40 bits per heavy atom. The number of hydrogen-bond acceptors (Lipinski definition) is 4. The lowest BCUT2D eigenvalue weighted by Crippen LogP contribution is -2.25. The lowest BCUT2D eigenvalue weighted by atomic mass is 10.3. The standard InChI is InChI=1S/C10H15N5/c1-8(2)11-7-5-10-14-13-9-4-3-6-12-15(9)10/h3-4,6,8,11H,5,7H2,1-2H3. The van der Waals surface area contributed by atoms with Crippen LogP contribution in [0.2, 0.25) is 0 Å². The van der Waals surface area contributed by atoms with Crippen molar-refractivity contribution in [3.05, 3.63) is 24.2 Å². The van der Waals surface area contributed by atoms with Crippen LogP contribution in [0.15, 0.2) is 18.3 Å². The van der Waals surface area contributed by atoms with E-state index in [4.69, 9.17) is 0 Å². The SMILES string of the molecule is CC(C)NCCc1nnc2cccnn12. The van der Waals surface area contributed by atoms with Gasteiger partial charge in [-0.2, -0.15) is 9.61 Å². The number of nitrogens with zero attached hydrogens (tertiary/aromatic N) is 4. The van der Waals surface area contributed by atoms with Gasteiger partial charge < -0.3 is 5.32 Å². The van der Waals surface area contributed by atoms with Crippen molar-refractivity contribution in [3.8, 4) is 0 Å². The van der Waals surface area contributed by atoms with Crippen LogP contribution in [0.3, 0.4) is 0 Å². The quantitative estimate of drug-likeness (QED) is 0.797. The summed E-state index contributed by atoms with van der Waals surface area (Å²) in [5.74, 6) is 0.902. The second-order valence-electron chi connectivity index (χ2n) is 3.77. The number of aromatic nitrogens is 4. The highest BCUT2D eigenvalue weighted by atomic mass is 15.4. The molecule has 1 N–H and O–H groups in total. The maximum absolute atomic E-state index is 4.20. The van der Waals surface area contributed by atoms with Gasteiger partial charge in [-0.05, 0) is 12.1 Å². The summed E-state index contributed by atoms with van der Waals surface area (Å²) in [6.07, 6.45) is 2.59. The van der Waals surface area contributed by atoms with Gasteiger partial charge in [0, 0.05) is 25.2 Å². The van der Waals surface area contributed by atoms with Crippen LogP contribution in [-0.4, -0.2) is 32.4 Å². The summed E-state index contributed by atoms with van der Waals surface area (Å²) < 4.78 is 1.78. The molecule has 0 aliphatic heterocycles. The number of hydrogen-bond donors (Lipinski definition) is 1. The van der Waals surface area contributed by atoms with E-state index in [1.54, 1.807) is 10.7 Å². The average molecular weight is 205 g/mol. The molecule has 2 heterocycles. The van der Waals surface area contributed by atoms with Crippen molar-refractivity contribution in [1.29, 1.82) is 0 Å². The summed E-state index contributed by atoms with van der Waals surface area (Å²) in [5, 5.41) is 15.7. The molecule has 0 atom stereocenters. The third-order valence-electron chi connectivity index (χ3n) is 2.14. The van der Waals surface area contributed by atoms with Gasteiger partial charge in [-0.3, -0.25) is 0 Å². The van der Waals surface area contributed by atoms with Gasteiger partial charge in [0.2, 0.25) is 0 Å². The molecule has 0 aliphatic carbocycles. The number of rotatable bonds is 4. The highest BCUT2D eigenvalue weighted by molar-refractivity contribution is 5.34. The zero-order valence-corrected chi connectivity index (χ0v) is 9.01. The van der Waals surface area contributed by atoms with Crippen LogP contribution in [-0.2, 0) is 6.42 Å². The van der Waals surface area contributed by atoms with Gasteiger partial charge in [-0.25, -0.2) is 0 Å². The minimum absolute atomic E-state index is 0.497. The van der Waals surface area contributed by atoms with E-state index in [1.165, 1.54) is 0 Å². The van der Waals surface area contributed by atoms with Crippen LogP contribution in [0, 0.1) is 0 Å². The van der Waals surface area contributed by atoms with Gasteiger partial charge in [-0.15, -0.1) is 10.2 Å². The van der Waals surface area contributed by atoms with Crippen molar-refractivity contribution in [2.45, 2.75) is 26.3 Å². The molecule has 2 rings (SSSR count). The van der Waals surface area contributed by atoms with Crippen LogP contribution in [0.1, 0.15) is 19.7 Å². The highest BCUT2D eigenvalue weighted by Crippen LogP contribution is 2.00. The van der Waals surface area contributed by atoms with E-state index < -0.39 is 0 Å². The normalized spacial score (nSPS) is 11.4. The molecule has 0 saturated carbocycles. The minimum atomic E-state index is 0.497. The van der Waals surface area contributed by atoms with E-state index in [9.17, 15) is 0 Å². The van der Waals surface area contributed by atoms with Gasteiger partial charge in [0.05, 0.1) is 0 Å². The molecule has 5 heteroatoms. The first-order valence-electron chi connectivity index (χ1n) is 5.16. The van der Waals surface area contributed by atoms with E-state index in [0.717, 1.165) is 24.4 Å². The molecule has 80 valence electrons. The molecule has 2 aromatic rings. The molecule has 0 aliphatic rings. The van der Waals surface area contributed by atoms with Gasteiger partial charge in [0.1, 0.15) is 0 Å². The van der Waals surface area contributed by atoms with Gasteiger partial charge in [0.15, 0.2) is 11.5 Å². The fraction of sp³-hybridized carbons (Fsp3) is 0.500. The van der Waals surface area contributed by atoms with E-state index in [-0.39, 0.29) is 0 Å². The first kappa shape index (κ1) is 10.0. The van der Waals surface area contributed by atoms with E-state index in [1.807, 2.05) is 12.1 Å². The molecule has 15 heavy (non-hydrogen) atoms. The molecule has 0 fully saturated rings. The summed E-state index contributed by atoms with van der Waals surface area (Å²) in [7, 11) is 0. The smallest absolute Gasteiger partial charge is 0.177 e. The number of fused-ring (bicyclic) bond motifs is 1. The molecule has 0 radical (unpaired) electrons. The molecule has 0 unspecified atom stereocenters. The largest absolute Gasteiger partial charge is 0.314 e. The molecule has 0 spiro atoms. The van der Waals surface area contributed by atoms with Crippen LogP contribution >= 0.6 is 0 Å². The summed E-state index contributed by atoms with van der Waals surface area (Å²) >= 11 is 0. The molecule has 5 nitrogen and oxygen atoms in total. The van der Waals surface area contributed by atoms with Gasteiger partial charge >= 0.3 is 0 Å². The van der Waals surface area contributed by atoms with Crippen LogP contribution in [0.25, 0.3) is 5.65 Å². The lowest BCUT2D eigenvalue weighted by molar-refractivity contribution is 0.578. The monoisotopic (exact) mass is 205 g/mol. The predicted molar refractivity (Wildman–Crippen MR) is 57.6 cm³/mol. The molecular formula is C10H15N5. The topological polar surface area (TPSA) is 55.1 Å². The molecule has 0 saturated heterocycles. The molecule has 0 amide bonds. The van der Waals surface area contributed by atoms with Crippen molar-refractivity contribution in [2.75, 3.05) is 6.54 Å². The second-order valence-corrected chi connectivity index (χ2v) is 3.77. The van der Waals surface area contributed by atoms with E-state index >= 15 is 0 Å². The summed E-state index contributed by atoms with van der Waals surface area (Å²) in [4.78, 5) is 0. The van der Waals surface area contributed by atoms with Crippen LogP contribution < -0.4 is 5.32 Å². The Bertz CT molecular complexity index is 434. The third-order valence-corrected chi connectivity index (χ3v) is 2.14. The van der Waals surface area contributed by atoms with E-state index in [2.05, 4.69) is 34.5 Å². The molecule has 0 bridgehead atoms. The average Bonchev–Trinajstić information content (AvgIpc) is 2.62. The Balaban J connectivity index is 2.08. The summed E-state index contributed by atoms with van der Waals surface area (Å²) in [6.45, 7) is 5.15. The van der Waals surface area contributed by atoms with Crippen molar-refractivity contribution in [2.24, 2.45) is 0 Å². The summed E-state index contributed by atoms with van der Waals surface area (Å²) in [5.41, 5.74) is 0.803. The Kier molecular flexibility index (Phi) is 2.91. The maximum Gasteiger partial charge on any atom is 0.177 e. The Morgan fingerprint density at radius 3 is 3.07 bits per heavy atom. The van der Waals surface area contributed by atoms with Gasteiger partial charge in [0.25, 0.3) is 0 Å². The molecule has 0 aromatic carbocycles. The highest BCUT2D eigenvalue weighted by Gasteiger charge is 2.04. The van der Waals surface area contributed by atoms with Crippen molar-refractivity contribution < 1.29 is 0 Å². The second kappa shape index (κ2) is 4.35. The molecule has 2 aromatic heterocycles. The van der Waals surface area contributed by atoms with Crippen molar-refractivity contribution >= 4 is 5.65 Å². The predicted octanol–water partition coefficient (Wildman–Crippen LogP) is 0.665. The zero-order chi connectivity index (χ0) is 10.7. The maximum atomic E-state index is 4.20. The van der Waals surface area contributed by atoms with Crippen LogP contribution in [0.4, 0.5) is 0 Å². The molecular weight excluding hydrogens is 190 g/mol. The number of nitrogens with one attached hydrogen (secondary N) is 1. The zero-order valence-electron chi connectivity index (χ0n) is 9.01. The Morgan fingerprint density at radius 2 is 2.27 bits per heavy atom. The third kappa shape index (κ3) is 2.30.